The Kier molecular flexibility index (Phi) is 4.42. The Labute approximate surface area is 152 Å². The van der Waals surface area contributed by atoms with Gasteiger partial charge in [-0.1, -0.05) is 12.1 Å². The van der Waals surface area contributed by atoms with Crippen LogP contribution < -0.4 is 19.5 Å². The van der Waals surface area contributed by atoms with E-state index >= 15 is 0 Å². The van der Waals surface area contributed by atoms with Gasteiger partial charge in [0.25, 0.3) is 0 Å². The van der Waals surface area contributed by atoms with Gasteiger partial charge in [-0.05, 0) is 43.7 Å². The van der Waals surface area contributed by atoms with Crippen LogP contribution >= 0.6 is 0 Å². The second kappa shape index (κ2) is 6.88. The van der Waals surface area contributed by atoms with Crippen molar-refractivity contribution in [3.8, 4) is 17.2 Å². The van der Waals surface area contributed by atoms with Gasteiger partial charge in [0, 0.05) is 13.1 Å². The summed E-state index contributed by atoms with van der Waals surface area (Å²) in [6, 6.07) is 12.3. The highest BCUT2D eigenvalue weighted by molar-refractivity contribution is 5.76. The molecule has 0 aliphatic carbocycles. The molecule has 1 atom stereocenters. The van der Waals surface area contributed by atoms with E-state index in [-0.39, 0.29) is 12.8 Å². The van der Waals surface area contributed by atoms with Gasteiger partial charge in [-0.2, -0.15) is 0 Å². The largest absolute Gasteiger partial charge is 0.493 e. The topological polar surface area (TPSA) is 57.5 Å². The molecule has 3 aromatic rings. The third-order valence-corrected chi connectivity index (χ3v) is 4.72. The maximum Gasteiger partial charge on any atom is 0.231 e. The molecular formula is C20H23N3O3. The van der Waals surface area contributed by atoms with Gasteiger partial charge < -0.3 is 24.1 Å². The van der Waals surface area contributed by atoms with Gasteiger partial charge in [-0.3, -0.25) is 0 Å². The number of benzene rings is 2. The Morgan fingerprint density at radius 3 is 2.92 bits per heavy atom. The van der Waals surface area contributed by atoms with Crippen molar-refractivity contribution in [2.75, 3.05) is 13.9 Å². The van der Waals surface area contributed by atoms with Gasteiger partial charge in [-0.15, -0.1) is 0 Å². The zero-order valence-corrected chi connectivity index (χ0v) is 15.3. The maximum atomic E-state index is 5.50. The first-order valence-corrected chi connectivity index (χ1v) is 8.86. The molecule has 4 rings (SSSR count). The molecule has 0 spiro atoms. The molecule has 1 aliphatic rings. The van der Waals surface area contributed by atoms with Crippen LogP contribution in [-0.2, 0) is 13.1 Å². The maximum absolute atomic E-state index is 5.50. The molecule has 1 N–H and O–H groups in total. The first kappa shape index (κ1) is 16.7. The fraction of sp³-hybridized carbons (Fsp3) is 0.350. The number of nitrogens with zero attached hydrogens (tertiary/aromatic N) is 2. The first-order chi connectivity index (χ1) is 12.7. The molecule has 0 saturated heterocycles. The Morgan fingerprint density at radius 2 is 2.12 bits per heavy atom. The number of nitrogens with one attached hydrogen (secondary N) is 1. The second-order valence-corrected chi connectivity index (χ2v) is 6.34. The molecular weight excluding hydrogens is 330 g/mol. The second-order valence-electron chi connectivity index (χ2n) is 6.34. The normalized spacial score (nSPS) is 14.0. The van der Waals surface area contributed by atoms with E-state index in [4.69, 9.17) is 19.2 Å². The molecule has 0 amide bonds. The number of ether oxygens (including phenoxy) is 3. The molecule has 1 unspecified atom stereocenters. The molecule has 2 heterocycles. The highest BCUT2D eigenvalue weighted by atomic mass is 16.7. The summed E-state index contributed by atoms with van der Waals surface area (Å²) in [7, 11) is 1.64. The van der Waals surface area contributed by atoms with E-state index in [0.717, 1.165) is 29.2 Å². The molecule has 26 heavy (non-hydrogen) atoms. The lowest BCUT2D eigenvalue weighted by molar-refractivity contribution is 0.171. The Hall–Kier alpha value is -2.73. The van der Waals surface area contributed by atoms with E-state index in [9.17, 15) is 0 Å². The summed E-state index contributed by atoms with van der Waals surface area (Å²) < 4.78 is 18.6. The smallest absolute Gasteiger partial charge is 0.231 e. The standard InChI is InChI=1S/C20H23N3O3/c1-4-23-16-8-6-5-7-15(16)22-20(23)13(2)21-11-14-9-17(24-3)19-18(10-14)25-12-26-19/h5-10,13,21H,4,11-12H2,1-3H3. The quantitative estimate of drug-likeness (QED) is 0.733. The van der Waals surface area contributed by atoms with Crippen LogP contribution in [0, 0.1) is 0 Å². The number of aromatic nitrogens is 2. The van der Waals surface area contributed by atoms with E-state index < -0.39 is 0 Å². The lowest BCUT2D eigenvalue weighted by Crippen LogP contribution is -2.21. The molecule has 6 heteroatoms. The van der Waals surface area contributed by atoms with Gasteiger partial charge in [-0.25, -0.2) is 4.98 Å². The van der Waals surface area contributed by atoms with Gasteiger partial charge >= 0.3 is 0 Å². The number of aryl methyl sites for hydroxylation is 1. The molecule has 2 aromatic carbocycles. The van der Waals surface area contributed by atoms with Crippen molar-refractivity contribution < 1.29 is 14.2 Å². The fourth-order valence-corrected chi connectivity index (χ4v) is 3.41. The first-order valence-electron chi connectivity index (χ1n) is 8.86. The molecule has 0 radical (unpaired) electrons. The zero-order chi connectivity index (χ0) is 18.1. The molecule has 0 fully saturated rings. The van der Waals surface area contributed by atoms with E-state index in [1.165, 1.54) is 5.52 Å². The molecule has 0 saturated carbocycles. The van der Waals surface area contributed by atoms with Crippen molar-refractivity contribution in [1.82, 2.24) is 14.9 Å². The fourth-order valence-electron chi connectivity index (χ4n) is 3.41. The van der Waals surface area contributed by atoms with Gasteiger partial charge in [0.1, 0.15) is 5.82 Å². The molecule has 136 valence electrons. The van der Waals surface area contributed by atoms with Crippen LogP contribution in [0.5, 0.6) is 17.2 Å². The minimum atomic E-state index is 0.110. The van der Waals surface area contributed by atoms with Crippen molar-refractivity contribution >= 4 is 11.0 Å². The van der Waals surface area contributed by atoms with E-state index in [0.29, 0.717) is 18.0 Å². The lowest BCUT2D eigenvalue weighted by atomic mass is 10.1. The lowest BCUT2D eigenvalue weighted by Gasteiger charge is -2.16. The van der Waals surface area contributed by atoms with Crippen molar-refractivity contribution in [3.05, 3.63) is 47.8 Å². The van der Waals surface area contributed by atoms with Crippen molar-refractivity contribution in [2.45, 2.75) is 33.0 Å². The van der Waals surface area contributed by atoms with Gasteiger partial charge in [0.05, 0.1) is 24.2 Å². The van der Waals surface area contributed by atoms with Crippen LogP contribution in [0.2, 0.25) is 0 Å². The summed E-state index contributed by atoms with van der Waals surface area (Å²) >= 11 is 0. The summed E-state index contributed by atoms with van der Waals surface area (Å²) in [5, 5.41) is 3.56. The predicted octanol–water partition coefficient (Wildman–Crippen LogP) is 3.64. The average molecular weight is 353 g/mol. The molecule has 1 aromatic heterocycles. The van der Waals surface area contributed by atoms with E-state index in [2.05, 4.69) is 41.9 Å². The molecule has 6 nitrogen and oxygen atoms in total. The SMILES string of the molecule is CCn1c(C(C)NCc2cc(OC)c3c(c2)OCO3)nc2ccccc21. The van der Waals surface area contributed by atoms with Crippen LogP contribution in [0.4, 0.5) is 0 Å². The van der Waals surface area contributed by atoms with Crippen LogP contribution in [-0.4, -0.2) is 23.5 Å². The minimum absolute atomic E-state index is 0.110. The van der Waals surface area contributed by atoms with Crippen molar-refractivity contribution in [2.24, 2.45) is 0 Å². The Balaban J connectivity index is 1.55. The van der Waals surface area contributed by atoms with E-state index in [1.54, 1.807) is 7.11 Å². The number of para-hydroxylation sites is 2. The number of methoxy groups -OCH3 is 1. The summed E-state index contributed by atoms with van der Waals surface area (Å²) in [4.78, 5) is 4.82. The number of imidazole rings is 1. The summed E-state index contributed by atoms with van der Waals surface area (Å²) in [5.41, 5.74) is 3.28. The number of fused-ring (bicyclic) bond motifs is 2. The number of hydrogen-bond donors (Lipinski definition) is 1. The monoisotopic (exact) mass is 353 g/mol. The van der Waals surface area contributed by atoms with Crippen LogP contribution in [0.3, 0.4) is 0 Å². The average Bonchev–Trinajstić information content (AvgIpc) is 3.29. The number of hydrogen-bond acceptors (Lipinski definition) is 5. The predicted molar refractivity (Wildman–Crippen MR) is 99.8 cm³/mol. The van der Waals surface area contributed by atoms with Crippen LogP contribution in [0.1, 0.15) is 31.3 Å². The summed E-state index contributed by atoms with van der Waals surface area (Å²) in [6.45, 7) is 6.09. The van der Waals surface area contributed by atoms with Gasteiger partial charge in [0.2, 0.25) is 12.5 Å². The Morgan fingerprint density at radius 1 is 1.27 bits per heavy atom. The van der Waals surface area contributed by atoms with Crippen LogP contribution in [0.25, 0.3) is 11.0 Å². The zero-order valence-electron chi connectivity index (χ0n) is 15.3. The highest BCUT2D eigenvalue weighted by Crippen LogP contribution is 2.41. The molecule has 1 aliphatic heterocycles. The molecule has 0 bridgehead atoms. The third-order valence-electron chi connectivity index (χ3n) is 4.72. The summed E-state index contributed by atoms with van der Waals surface area (Å²) in [5.74, 6) is 3.15. The van der Waals surface area contributed by atoms with Crippen LogP contribution in [0.15, 0.2) is 36.4 Å². The number of rotatable bonds is 6. The third kappa shape index (κ3) is 2.86. The van der Waals surface area contributed by atoms with Gasteiger partial charge in [0.15, 0.2) is 11.5 Å². The van der Waals surface area contributed by atoms with E-state index in [1.807, 2.05) is 18.2 Å². The highest BCUT2D eigenvalue weighted by Gasteiger charge is 2.21. The van der Waals surface area contributed by atoms with Crippen molar-refractivity contribution in [3.63, 3.8) is 0 Å². The minimum Gasteiger partial charge on any atom is -0.493 e. The summed E-state index contributed by atoms with van der Waals surface area (Å²) in [6.07, 6.45) is 0. The van der Waals surface area contributed by atoms with Crippen molar-refractivity contribution in [1.29, 1.82) is 0 Å². The Bertz CT molecular complexity index is 935.